The third kappa shape index (κ3) is 5.12. The molecular formula is C25H30BrN9O. The largest absolute Gasteiger partial charge is 0.354 e. The van der Waals surface area contributed by atoms with E-state index in [-0.39, 0.29) is 11.9 Å². The monoisotopic (exact) mass is 551 g/mol. The van der Waals surface area contributed by atoms with Crippen LogP contribution in [0, 0.1) is 0 Å². The Labute approximate surface area is 219 Å². The predicted molar refractivity (Wildman–Crippen MR) is 147 cm³/mol. The van der Waals surface area contributed by atoms with Crippen LogP contribution in [-0.4, -0.2) is 90.1 Å². The Morgan fingerprint density at radius 2 is 1.89 bits per heavy atom. The SMILES string of the molecule is C=CC(=O)N(C)c1ccc2c(N3CCC(Nc4ncc(Br)cn4)C3)nc(N3CCN(C)CC3)nc2c1. The number of rotatable bonds is 6. The average Bonchev–Trinajstić information content (AvgIpc) is 3.36. The van der Waals surface area contributed by atoms with E-state index in [1.54, 1.807) is 24.3 Å². The van der Waals surface area contributed by atoms with Gasteiger partial charge < -0.3 is 24.9 Å². The molecule has 2 aromatic heterocycles. The number of anilines is 4. The van der Waals surface area contributed by atoms with Crippen molar-refractivity contribution < 1.29 is 4.79 Å². The van der Waals surface area contributed by atoms with E-state index >= 15 is 0 Å². The van der Waals surface area contributed by atoms with Gasteiger partial charge in [-0.2, -0.15) is 4.98 Å². The molecule has 1 atom stereocenters. The molecule has 4 heterocycles. The lowest BCUT2D eigenvalue weighted by Gasteiger charge is -2.33. The molecule has 5 rings (SSSR count). The molecule has 188 valence electrons. The molecule has 0 bridgehead atoms. The second-order valence-electron chi connectivity index (χ2n) is 9.24. The Hall–Kier alpha value is -3.31. The summed E-state index contributed by atoms with van der Waals surface area (Å²) in [6.07, 6.45) is 5.75. The van der Waals surface area contributed by atoms with E-state index in [0.717, 1.165) is 78.5 Å². The lowest BCUT2D eigenvalue weighted by atomic mass is 10.2. The van der Waals surface area contributed by atoms with Gasteiger partial charge >= 0.3 is 0 Å². The van der Waals surface area contributed by atoms with E-state index in [1.165, 1.54) is 6.08 Å². The van der Waals surface area contributed by atoms with Crippen molar-refractivity contribution in [2.75, 3.05) is 73.4 Å². The van der Waals surface area contributed by atoms with Crippen LogP contribution in [0.1, 0.15) is 6.42 Å². The molecule has 11 heteroatoms. The minimum atomic E-state index is -0.161. The molecule has 0 aliphatic carbocycles. The number of aromatic nitrogens is 4. The molecular weight excluding hydrogens is 522 g/mol. The van der Waals surface area contributed by atoms with Crippen LogP contribution in [0.2, 0.25) is 0 Å². The van der Waals surface area contributed by atoms with Gasteiger partial charge in [0, 0.05) is 75.8 Å². The Morgan fingerprint density at radius 3 is 2.61 bits per heavy atom. The van der Waals surface area contributed by atoms with Gasteiger partial charge in [0.2, 0.25) is 17.8 Å². The Bertz CT molecular complexity index is 1260. The molecule has 2 aliphatic rings. The maximum Gasteiger partial charge on any atom is 0.250 e. The van der Waals surface area contributed by atoms with Crippen molar-refractivity contribution >= 4 is 56.1 Å². The maximum absolute atomic E-state index is 12.2. The molecule has 2 aliphatic heterocycles. The van der Waals surface area contributed by atoms with Crippen molar-refractivity contribution in [3.8, 4) is 0 Å². The van der Waals surface area contributed by atoms with Gasteiger partial charge in [0.15, 0.2) is 0 Å². The summed E-state index contributed by atoms with van der Waals surface area (Å²) in [6.45, 7) is 8.94. The van der Waals surface area contributed by atoms with Crippen LogP contribution in [0.15, 0.2) is 47.7 Å². The second-order valence-corrected chi connectivity index (χ2v) is 10.2. The summed E-state index contributed by atoms with van der Waals surface area (Å²) in [4.78, 5) is 39.4. The van der Waals surface area contributed by atoms with Crippen LogP contribution < -0.4 is 20.0 Å². The summed E-state index contributed by atoms with van der Waals surface area (Å²) >= 11 is 3.38. The molecule has 10 nitrogen and oxygen atoms in total. The highest BCUT2D eigenvalue weighted by molar-refractivity contribution is 9.10. The third-order valence-electron chi connectivity index (χ3n) is 6.77. The number of carbonyl (C=O) groups excluding carboxylic acids is 1. The summed E-state index contributed by atoms with van der Waals surface area (Å²) < 4.78 is 0.852. The third-order valence-corrected chi connectivity index (χ3v) is 7.18. The van der Waals surface area contributed by atoms with Crippen molar-refractivity contribution in [1.29, 1.82) is 0 Å². The first-order valence-corrected chi connectivity index (χ1v) is 12.8. The van der Waals surface area contributed by atoms with Gasteiger partial charge in [0.05, 0.1) is 9.99 Å². The highest BCUT2D eigenvalue weighted by Crippen LogP contribution is 2.32. The standard InChI is InChI=1S/C25H30BrN9O/c1-4-22(36)33(3)19-5-6-20-21(13-19)30-25(34-11-9-32(2)10-12-34)31-23(20)35-8-7-18(16-35)29-24-27-14-17(26)15-28-24/h4-6,13-15,18H,1,7-12,16H2,2-3H3,(H,27,28,29). The Morgan fingerprint density at radius 1 is 1.14 bits per heavy atom. The summed E-state index contributed by atoms with van der Waals surface area (Å²) in [5.41, 5.74) is 1.59. The van der Waals surface area contributed by atoms with Gasteiger partial charge in [-0.15, -0.1) is 0 Å². The summed E-state index contributed by atoms with van der Waals surface area (Å²) in [6, 6.07) is 6.12. The van der Waals surface area contributed by atoms with Crippen LogP contribution in [0.4, 0.5) is 23.4 Å². The average molecular weight is 552 g/mol. The van der Waals surface area contributed by atoms with Crippen LogP contribution in [0.3, 0.4) is 0 Å². The number of benzene rings is 1. The minimum absolute atomic E-state index is 0.161. The number of halogens is 1. The highest BCUT2D eigenvalue weighted by atomic mass is 79.9. The lowest BCUT2D eigenvalue weighted by Crippen LogP contribution is -2.45. The quantitative estimate of drug-likeness (QED) is 0.464. The van der Waals surface area contributed by atoms with E-state index in [0.29, 0.717) is 5.95 Å². The van der Waals surface area contributed by atoms with Gasteiger partial charge in [0.1, 0.15) is 5.82 Å². The van der Waals surface area contributed by atoms with Crippen molar-refractivity contribution in [1.82, 2.24) is 24.8 Å². The minimum Gasteiger partial charge on any atom is -0.354 e. The normalized spacial score (nSPS) is 18.5. The van der Waals surface area contributed by atoms with Crippen LogP contribution in [0.25, 0.3) is 10.9 Å². The molecule has 0 spiro atoms. The van der Waals surface area contributed by atoms with Gasteiger partial charge in [-0.25, -0.2) is 15.0 Å². The van der Waals surface area contributed by atoms with E-state index in [9.17, 15) is 4.79 Å². The molecule has 2 saturated heterocycles. The number of hydrogen-bond donors (Lipinski definition) is 1. The van der Waals surface area contributed by atoms with Crippen LogP contribution in [0.5, 0.6) is 0 Å². The van der Waals surface area contributed by atoms with Crippen molar-refractivity contribution in [2.24, 2.45) is 0 Å². The number of hydrogen-bond acceptors (Lipinski definition) is 9. The second kappa shape index (κ2) is 10.4. The fourth-order valence-electron chi connectivity index (χ4n) is 4.59. The molecule has 0 radical (unpaired) electrons. The molecule has 1 N–H and O–H groups in total. The van der Waals surface area contributed by atoms with Crippen molar-refractivity contribution in [2.45, 2.75) is 12.5 Å². The topological polar surface area (TPSA) is 93.6 Å². The van der Waals surface area contributed by atoms with Gasteiger partial charge in [0.25, 0.3) is 0 Å². The van der Waals surface area contributed by atoms with E-state index in [2.05, 4.69) is 59.5 Å². The Balaban J connectivity index is 1.47. The van der Waals surface area contributed by atoms with E-state index in [4.69, 9.17) is 9.97 Å². The van der Waals surface area contributed by atoms with Crippen molar-refractivity contribution in [3.63, 3.8) is 0 Å². The fourth-order valence-corrected chi connectivity index (χ4v) is 4.80. The molecule has 1 aromatic carbocycles. The molecule has 36 heavy (non-hydrogen) atoms. The van der Waals surface area contributed by atoms with Gasteiger partial charge in [-0.05, 0) is 53.7 Å². The van der Waals surface area contributed by atoms with Gasteiger partial charge in [-0.1, -0.05) is 6.58 Å². The maximum atomic E-state index is 12.2. The number of piperazine rings is 1. The smallest absolute Gasteiger partial charge is 0.250 e. The van der Waals surface area contributed by atoms with E-state index in [1.807, 2.05) is 18.2 Å². The summed E-state index contributed by atoms with van der Waals surface area (Å²) in [5, 5.41) is 4.41. The fraction of sp³-hybridized carbons (Fsp3) is 0.400. The summed E-state index contributed by atoms with van der Waals surface area (Å²) in [5.74, 6) is 2.11. The Kier molecular flexibility index (Phi) is 7.01. The van der Waals surface area contributed by atoms with Crippen LogP contribution >= 0.6 is 15.9 Å². The predicted octanol–water partition coefficient (Wildman–Crippen LogP) is 2.77. The first-order chi connectivity index (χ1) is 17.4. The van der Waals surface area contributed by atoms with Crippen molar-refractivity contribution in [3.05, 3.63) is 47.7 Å². The lowest BCUT2D eigenvalue weighted by molar-refractivity contribution is -0.113. The zero-order valence-electron chi connectivity index (χ0n) is 20.6. The molecule has 0 saturated carbocycles. The van der Waals surface area contributed by atoms with Crippen LogP contribution in [-0.2, 0) is 4.79 Å². The number of amides is 1. The number of fused-ring (bicyclic) bond motifs is 1. The first kappa shape index (κ1) is 24.4. The number of nitrogens with one attached hydrogen (secondary N) is 1. The molecule has 1 amide bonds. The van der Waals surface area contributed by atoms with E-state index < -0.39 is 0 Å². The number of likely N-dealkylation sites (N-methyl/N-ethyl adjacent to an activating group) is 2. The highest BCUT2D eigenvalue weighted by Gasteiger charge is 2.27. The zero-order valence-corrected chi connectivity index (χ0v) is 22.1. The molecule has 1 unspecified atom stereocenters. The number of nitrogens with zero attached hydrogens (tertiary/aromatic N) is 8. The first-order valence-electron chi connectivity index (χ1n) is 12.1. The summed E-state index contributed by atoms with van der Waals surface area (Å²) in [7, 11) is 3.88. The molecule has 3 aromatic rings. The molecule has 2 fully saturated rings. The number of carbonyl (C=O) groups is 1. The zero-order chi connectivity index (χ0) is 25.2. The van der Waals surface area contributed by atoms with Gasteiger partial charge in [-0.3, -0.25) is 4.79 Å².